The molecule has 0 N–H and O–H groups in total. The summed E-state index contributed by atoms with van der Waals surface area (Å²) in [6, 6.07) is 7.08. The van der Waals surface area contributed by atoms with Gasteiger partial charge in [-0.05, 0) is 12.1 Å². The highest BCUT2D eigenvalue weighted by Crippen LogP contribution is 2.05. The number of aryl methyl sites for hydroxylation is 1. The number of methoxy groups -OCH3 is 1. The second-order valence-electron chi connectivity index (χ2n) is 3.81. The predicted molar refractivity (Wildman–Crippen MR) is 65.3 cm³/mol. The molecule has 0 aliphatic rings. The fourth-order valence-corrected chi connectivity index (χ4v) is 1.84. The number of para-hydroxylation sites is 1. The monoisotopic (exact) mass is 234 g/mol. The molecule has 0 amide bonds. The molecule has 1 aromatic heterocycles. The molecular weight excluding hydrogens is 220 g/mol. The van der Waals surface area contributed by atoms with Gasteiger partial charge in [0.25, 0.3) is 5.56 Å². The summed E-state index contributed by atoms with van der Waals surface area (Å²) < 4.78 is 7.58. The minimum absolute atomic E-state index is 0.263. The highest BCUT2D eigenvalue weighted by molar-refractivity contribution is 5.77. The highest BCUT2D eigenvalue weighted by Gasteiger charge is 2.09. The molecule has 0 unspecified atom stereocenters. The zero-order valence-corrected chi connectivity index (χ0v) is 9.84. The molecule has 2 rings (SSSR count). The van der Waals surface area contributed by atoms with Gasteiger partial charge in [0.05, 0.1) is 24.1 Å². The Morgan fingerprint density at radius 1 is 1.24 bits per heavy atom. The normalized spacial score (nSPS) is 10.9. The SMILES string of the molecule is COCCn1c(=O)c2ccccc2n(C)c1=O. The summed E-state index contributed by atoms with van der Waals surface area (Å²) in [6.45, 7) is 0.611. The Labute approximate surface area is 97.9 Å². The summed E-state index contributed by atoms with van der Waals surface area (Å²) in [5.41, 5.74) is 0.0719. The molecule has 1 aromatic carbocycles. The third-order valence-corrected chi connectivity index (χ3v) is 2.78. The molecule has 5 heteroatoms. The molecule has 0 saturated carbocycles. The third kappa shape index (κ3) is 1.89. The summed E-state index contributed by atoms with van der Waals surface area (Å²) in [4.78, 5) is 24.1. The minimum atomic E-state index is -0.314. The number of rotatable bonds is 3. The van der Waals surface area contributed by atoms with Crippen molar-refractivity contribution in [1.82, 2.24) is 9.13 Å². The number of fused-ring (bicyclic) bond motifs is 1. The first kappa shape index (κ1) is 11.6. The Morgan fingerprint density at radius 3 is 2.65 bits per heavy atom. The van der Waals surface area contributed by atoms with E-state index in [1.807, 2.05) is 0 Å². The average molecular weight is 234 g/mol. The van der Waals surface area contributed by atoms with Gasteiger partial charge in [-0.25, -0.2) is 4.79 Å². The Bertz CT molecular complexity index is 655. The molecule has 0 bridgehead atoms. The first-order chi connectivity index (χ1) is 8.16. The van der Waals surface area contributed by atoms with Gasteiger partial charge < -0.3 is 4.74 Å². The van der Waals surface area contributed by atoms with Crippen LogP contribution in [0, 0.1) is 0 Å². The third-order valence-electron chi connectivity index (χ3n) is 2.78. The topological polar surface area (TPSA) is 53.2 Å². The van der Waals surface area contributed by atoms with E-state index in [1.165, 1.54) is 16.2 Å². The van der Waals surface area contributed by atoms with E-state index < -0.39 is 0 Å². The maximum Gasteiger partial charge on any atom is 0.331 e. The van der Waals surface area contributed by atoms with Crippen LogP contribution in [-0.4, -0.2) is 22.9 Å². The fraction of sp³-hybridized carbons (Fsp3) is 0.333. The highest BCUT2D eigenvalue weighted by atomic mass is 16.5. The quantitative estimate of drug-likeness (QED) is 0.770. The largest absolute Gasteiger partial charge is 0.383 e. The van der Waals surface area contributed by atoms with Gasteiger partial charge in [-0.15, -0.1) is 0 Å². The van der Waals surface area contributed by atoms with E-state index in [9.17, 15) is 9.59 Å². The fourth-order valence-electron chi connectivity index (χ4n) is 1.84. The summed E-state index contributed by atoms with van der Waals surface area (Å²) in [5.74, 6) is 0. The van der Waals surface area contributed by atoms with Gasteiger partial charge in [-0.2, -0.15) is 0 Å². The van der Waals surface area contributed by atoms with Crippen molar-refractivity contribution in [2.45, 2.75) is 6.54 Å². The molecule has 2 aromatic rings. The van der Waals surface area contributed by atoms with E-state index in [1.54, 1.807) is 31.3 Å². The van der Waals surface area contributed by atoms with Gasteiger partial charge >= 0.3 is 5.69 Å². The van der Waals surface area contributed by atoms with Crippen LogP contribution in [0.5, 0.6) is 0 Å². The van der Waals surface area contributed by atoms with Crippen LogP contribution in [0.2, 0.25) is 0 Å². The van der Waals surface area contributed by atoms with Gasteiger partial charge in [0.1, 0.15) is 0 Å². The van der Waals surface area contributed by atoms with Crippen LogP contribution in [0.25, 0.3) is 10.9 Å². The van der Waals surface area contributed by atoms with Crippen molar-refractivity contribution in [2.24, 2.45) is 7.05 Å². The minimum Gasteiger partial charge on any atom is -0.383 e. The molecule has 0 aliphatic heterocycles. The molecule has 0 radical (unpaired) electrons. The Kier molecular flexibility index (Phi) is 3.10. The maximum atomic E-state index is 12.1. The van der Waals surface area contributed by atoms with Crippen molar-refractivity contribution in [2.75, 3.05) is 13.7 Å². The van der Waals surface area contributed by atoms with Gasteiger partial charge in [-0.1, -0.05) is 12.1 Å². The van der Waals surface area contributed by atoms with Crippen LogP contribution in [0.3, 0.4) is 0 Å². The van der Waals surface area contributed by atoms with Crippen molar-refractivity contribution in [3.63, 3.8) is 0 Å². The van der Waals surface area contributed by atoms with Gasteiger partial charge in [0, 0.05) is 14.2 Å². The second-order valence-corrected chi connectivity index (χ2v) is 3.81. The molecule has 1 heterocycles. The standard InChI is InChI=1S/C12H14N2O3/c1-13-10-6-4-3-5-9(10)11(15)14(12(13)16)7-8-17-2/h3-6H,7-8H2,1-2H3. The van der Waals surface area contributed by atoms with Crippen LogP contribution >= 0.6 is 0 Å². The second kappa shape index (κ2) is 4.55. The van der Waals surface area contributed by atoms with Gasteiger partial charge in [0.15, 0.2) is 0 Å². The molecule has 0 spiro atoms. The van der Waals surface area contributed by atoms with E-state index in [4.69, 9.17) is 4.74 Å². The van der Waals surface area contributed by atoms with Crippen molar-refractivity contribution in [3.8, 4) is 0 Å². The number of hydrogen-bond donors (Lipinski definition) is 0. The lowest BCUT2D eigenvalue weighted by molar-refractivity contribution is 0.184. The molecule has 90 valence electrons. The van der Waals surface area contributed by atoms with Crippen LogP contribution < -0.4 is 11.2 Å². The number of nitrogens with zero attached hydrogens (tertiary/aromatic N) is 2. The molecule has 17 heavy (non-hydrogen) atoms. The lowest BCUT2D eigenvalue weighted by atomic mass is 10.2. The summed E-state index contributed by atoms with van der Waals surface area (Å²) in [6.07, 6.45) is 0. The molecule has 5 nitrogen and oxygen atoms in total. The first-order valence-corrected chi connectivity index (χ1v) is 5.34. The average Bonchev–Trinajstić information content (AvgIpc) is 2.36. The van der Waals surface area contributed by atoms with E-state index >= 15 is 0 Å². The molecule has 0 atom stereocenters. The zero-order valence-electron chi connectivity index (χ0n) is 9.84. The van der Waals surface area contributed by atoms with Gasteiger partial charge in [0.2, 0.25) is 0 Å². The maximum absolute atomic E-state index is 12.1. The van der Waals surface area contributed by atoms with E-state index in [-0.39, 0.29) is 17.8 Å². The smallest absolute Gasteiger partial charge is 0.331 e. The lowest BCUT2D eigenvalue weighted by Crippen LogP contribution is -2.39. The number of aromatic nitrogens is 2. The van der Waals surface area contributed by atoms with Crippen LogP contribution in [-0.2, 0) is 18.3 Å². The van der Waals surface area contributed by atoms with Crippen molar-refractivity contribution >= 4 is 10.9 Å². The van der Waals surface area contributed by atoms with Crippen molar-refractivity contribution in [3.05, 3.63) is 45.1 Å². The molecule has 0 saturated heterocycles. The summed E-state index contributed by atoms with van der Waals surface area (Å²) in [5, 5.41) is 0.547. The first-order valence-electron chi connectivity index (χ1n) is 5.34. The Hall–Kier alpha value is -1.88. The molecule has 0 fully saturated rings. The van der Waals surface area contributed by atoms with Gasteiger partial charge in [-0.3, -0.25) is 13.9 Å². The Balaban J connectivity index is 2.78. The van der Waals surface area contributed by atoms with E-state index in [0.29, 0.717) is 17.5 Å². The number of ether oxygens (including phenoxy) is 1. The summed E-state index contributed by atoms with van der Waals surface area (Å²) in [7, 11) is 3.20. The lowest BCUT2D eigenvalue weighted by Gasteiger charge is -2.09. The summed E-state index contributed by atoms with van der Waals surface area (Å²) >= 11 is 0. The van der Waals surface area contributed by atoms with Crippen LogP contribution in [0.1, 0.15) is 0 Å². The molecule has 0 aliphatic carbocycles. The Morgan fingerprint density at radius 2 is 1.94 bits per heavy atom. The number of benzene rings is 1. The van der Waals surface area contributed by atoms with Crippen molar-refractivity contribution < 1.29 is 4.74 Å². The number of hydrogen-bond acceptors (Lipinski definition) is 3. The zero-order chi connectivity index (χ0) is 12.4. The van der Waals surface area contributed by atoms with Crippen LogP contribution in [0.15, 0.2) is 33.9 Å². The van der Waals surface area contributed by atoms with E-state index in [0.717, 1.165) is 0 Å². The van der Waals surface area contributed by atoms with Crippen molar-refractivity contribution in [1.29, 1.82) is 0 Å². The van der Waals surface area contributed by atoms with Crippen LogP contribution in [0.4, 0.5) is 0 Å². The molecular formula is C12H14N2O3. The predicted octanol–water partition coefficient (Wildman–Crippen LogP) is 0.347. The van der Waals surface area contributed by atoms with E-state index in [2.05, 4.69) is 0 Å².